The standard InChI is InChI=1S/C11H15N3O2/c1-2-3-9-14(13-16)12-11(15)10-7-5-4-6-8-10/h4-8H,2-3,9H2,1H3,(H,12,15). The van der Waals surface area contributed by atoms with E-state index in [4.69, 9.17) is 0 Å². The fourth-order valence-electron chi connectivity index (χ4n) is 1.20. The van der Waals surface area contributed by atoms with Gasteiger partial charge in [0.15, 0.2) is 0 Å². The summed E-state index contributed by atoms with van der Waals surface area (Å²) in [4.78, 5) is 22.1. The van der Waals surface area contributed by atoms with Gasteiger partial charge in [0.2, 0.25) is 0 Å². The second-order valence-electron chi connectivity index (χ2n) is 3.37. The highest BCUT2D eigenvalue weighted by Gasteiger charge is 2.09. The topological polar surface area (TPSA) is 61.8 Å². The molecule has 0 atom stereocenters. The zero-order valence-corrected chi connectivity index (χ0v) is 9.22. The normalized spacial score (nSPS) is 9.56. The van der Waals surface area contributed by atoms with Gasteiger partial charge in [0.05, 0.1) is 11.8 Å². The largest absolute Gasteiger partial charge is 0.271 e. The second-order valence-corrected chi connectivity index (χ2v) is 3.37. The number of nitroso groups, excluding NO2 is 1. The van der Waals surface area contributed by atoms with E-state index in [-0.39, 0.29) is 5.91 Å². The average Bonchev–Trinajstić information content (AvgIpc) is 2.35. The molecular weight excluding hydrogens is 206 g/mol. The van der Waals surface area contributed by atoms with Crippen LogP contribution in [0.15, 0.2) is 35.6 Å². The molecule has 0 unspecified atom stereocenters. The molecule has 1 aromatic carbocycles. The predicted octanol–water partition coefficient (Wildman–Crippen LogP) is 2.11. The molecule has 5 heteroatoms. The summed E-state index contributed by atoms with van der Waals surface area (Å²) in [6, 6.07) is 8.71. The van der Waals surface area contributed by atoms with E-state index in [9.17, 15) is 9.70 Å². The summed E-state index contributed by atoms with van der Waals surface area (Å²) in [5.41, 5.74) is 2.94. The Morgan fingerprint density at radius 1 is 1.38 bits per heavy atom. The molecule has 0 aliphatic heterocycles. The Kier molecular flexibility index (Phi) is 4.98. The lowest BCUT2D eigenvalue weighted by Gasteiger charge is -2.15. The first kappa shape index (κ1) is 12.2. The van der Waals surface area contributed by atoms with Crippen molar-refractivity contribution in [3.63, 3.8) is 0 Å². The van der Waals surface area contributed by atoms with E-state index in [2.05, 4.69) is 10.7 Å². The average molecular weight is 221 g/mol. The Labute approximate surface area is 94.4 Å². The number of carbonyl (C=O) groups excluding carboxylic acids is 1. The van der Waals surface area contributed by atoms with Crippen LogP contribution in [0, 0.1) is 4.91 Å². The molecule has 0 aliphatic rings. The number of nitrogens with zero attached hydrogens (tertiary/aromatic N) is 2. The molecule has 0 saturated heterocycles. The molecule has 0 spiro atoms. The Morgan fingerprint density at radius 2 is 2.06 bits per heavy atom. The molecule has 86 valence electrons. The summed E-state index contributed by atoms with van der Waals surface area (Å²) in [5.74, 6) is -0.323. The smallest absolute Gasteiger partial charge is 0.267 e. The summed E-state index contributed by atoms with van der Waals surface area (Å²) in [5, 5.41) is 3.77. The molecular formula is C11H15N3O2. The fourth-order valence-corrected chi connectivity index (χ4v) is 1.20. The van der Waals surface area contributed by atoms with Crippen LogP contribution in [0.2, 0.25) is 0 Å². The highest BCUT2D eigenvalue weighted by Crippen LogP contribution is 1.99. The molecule has 5 nitrogen and oxygen atoms in total. The lowest BCUT2D eigenvalue weighted by Crippen LogP contribution is -2.38. The van der Waals surface area contributed by atoms with Crippen LogP contribution >= 0.6 is 0 Å². The maximum Gasteiger partial charge on any atom is 0.271 e. The van der Waals surface area contributed by atoms with Crippen molar-refractivity contribution in [1.29, 1.82) is 0 Å². The third-order valence-corrected chi connectivity index (χ3v) is 2.09. The Bertz CT molecular complexity index is 340. The van der Waals surface area contributed by atoms with Crippen LogP contribution < -0.4 is 5.43 Å². The van der Waals surface area contributed by atoms with Crippen LogP contribution in [-0.4, -0.2) is 17.6 Å². The summed E-state index contributed by atoms with van der Waals surface area (Å²) in [6.07, 6.45) is 1.74. The van der Waals surface area contributed by atoms with Crippen LogP contribution in [0.5, 0.6) is 0 Å². The predicted molar refractivity (Wildman–Crippen MR) is 61.3 cm³/mol. The summed E-state index contributed by atoms with van der Waals surface area (Å²) >= 11 is 0. The number of hydrogen-bond acceptors (Lipinski definition) is 3. The maximum atomic E-state index is 11.6. The van der Waals surface area contributed by atoms with Gasteiger partial charge in [-0.3, -0.25) is 4.79 Å². The van der Waals surface area contributed by atoms with Gasteiger partial charge in [-0.05, 0) is 18.6 Å². The van der Waals surface area contributed by atoms with Gasteiger partial charge in [-0.25, -0.2) is 5.43 Å². The molecule has 1 aromatic rings. The minimum absolute atomic E-state index is 0.323. The van der Waals surface area contributed by atoms with Gasteiger partial charge >= 0.3 is 0 Å². The lowest BCUT2D eigenvalue weighted by molar-refractivity contribution is 0.0787. The molecule has 0 radical (unpaired) electrons. The number of hydrogen-bond donors (Lipinski definition) is 1. The maximum absolute atomic E-state index is 11.6. The highest BCUT2D eigenvalue weighted by molar-refractivity contribution is 5.93. The monoisotopic (exact) mass is 221 g/mol. The SMILES string of the molecule is CCCCN(N=O)NC(=O)c1ccccc1. The van der Waals surface area contributed by atoms with Crippen LogP contribution in [0.25, 0.3) is 0 Å². The summed E-state index contributed by atoms with van der Waals surface area (Å²) in [6.45, 7) is 2.43. The quantitative estimate of drug-likeness (QED) is 0.591. The van der Waals surface area contributed by atoms with Crippen molar-refractivity contribution in [1.82, 2.24) is 10.5 Å². The Hall–Kier alpha value is -1.91. The number of benzene rings is 1. The van der Waals surface area contributed by atoms with Crippen molar-refractivity contribution < 1.29 is 4.79 Å². The third kappa shape index (κ3) is 3.68. The van der Waals surface area contributed by atoms with Crippen molar-refractivity contribution in [3.8, 4) is 0 Å². The van der Waals surface area contributed by atoms with Gasteiger partial charge in [-0.2, -0.15) is 5.12 Å². The van der Waals surface area contributed by atoms with E-state index in [1.807, 2.05) is 13.0 Å². The minimum atomic E-state index is -0.323. The van der Waals surface area contributed by atoms with Gasteiger partial charge in [0.1, 0.15) is 0 Å². The number of unbranched alkanes of at least 4 members (excludes halogenated alkanes) is 1. The molecule has 1 N–H and O–H groups in total. The Morgan fingerprint density at radius 3 is 2.62 bits per heavy atom. The molecule has 0 heterocycles. The van der Waals surface area contributed by atoms with Crippen molar-refractivity contribution >= 4 is 5.91 Å². The van der Waals surface area contributed by atoms with Crippen molar-refractivity contribution in [2.45, 2.75) is 19.8 Å². The first-order chi connectivity index (χ1) is 7.77. The van der Waals surface area contributed by atoms with Gasteiger partial charge in [-0.15, -0.1) is 4.91 Å². The first-order valence-electron chi connectivity index (χ1n) is 5.24. The molecule has 0 saturated carbocycles. The van der Waals surface area contributed by atoms with Crippen molar-refractivity contribution in [2.75, 3.05) is 6.54 Å². The molecule has 0 aliphatic carbocycles. The first-order valence-corrected chi connectivity index (χ1v) is 5.24. The van der Waals surface area contributed by atoms with Gasteiger partial charge in [0, 0.05) is 5.56 Å². The number of hydrazine groups is 1. The summed E-state index contributed by atoms with van der Waals surface area (Å²) < 4.78 is 0. The van der Waals surface area contributed by atoms with E-state index in [1.54, 1.807) is 24.3 Å². The molecule has 0 bridgehead atoms. The number of carbonyl (C=O) groups is 1. The van der Waals surface area contributed by atoms with E-state index < -0.39 is 0 Å². The highest BCUT2D eigenvalue weighted by atomic mass is 16.3. The molecule has 0 fully saturated rings. The zero-order valence-electron chi connectivity index (χ0n) is 9.22. The molecule has 1 rings (SSSR count). The number of amides is 1. The van der Waals surface area contributed by atoms with Crippen LogP contribution in [0.4, 0.5) is 0 Å². The minimum Gasteiger partial charge on any atom is -0.267 e. The van der Waals surface area contributed by atoms with Crippen LogP contribution in [0.3, 0.4) is 0 Å². The zero-order chi connectivity index (χ0) is 11.8. The van der Waals surface area contributed by atoms with Gasteiger partial charge in [0.25, 0.3) is 5.91 Å². The van der Waals surface area contributed by atoms with Crippen LogP contribution in [0.1, 0.15) is 30.1 Å². The van der Waals surface area contributed by atoms with Gasteiger partial charge in [-0.1, -0.05) is 31.5 Å². The molecule has 0 aromatic heterocycles. The second kappa shape index (κ2) is 6.55. The number of nitrogens with one attached hydrogen (secondary N) is 1. The van der Waals surface area contributed by atoms with Crippen LogP contribution in [-0.2, 0) is 0 Å². The van der Waals surface area contributed by atoms with E-state index in [0.29, 0.717) is 12.1 Å². The van der Waals surface area contributed by atoms with E-state index in [0.717, 1.165) is 18.0 Å². The third-order valence-electron chi connectivity index (χ3n) is 2.09. The summed E-state index contributed by atoms with van der Waals surface area (Å²) in [7, 11) is 0. The van der Waals surface area contributed by atoms with E-state index in [1.165, 1.54) is 0 Å². The molecule has 1 amide bonds. The van der Waals surface area contributed by atoms with Gasteiger partial charge < -0.3 is 0 Å². The molecule has 16 heavy (non-hydrogen) atoms. The Balaban J connectivity index is 2.52. The van der Waals surface area contributed by atoms with Crippen molar-refractivity contribution in [3.05, 3.63) is 40.8 Å². The van der Waals surface area contributed by atoms with Crippen molar-refractivity contribution in [2.24, 2.45) is 5.29 Å². The lowest BCUT2D eigenvalue weighted by atomic mass is 10.2. The number of rotatable bonds is 6. The van der Waals surface area contributed by atoms with E-state index >= 15 is 0 Å². The fraction of sp³-hybridized carbons (Fsp3) is 0.364.